The van der Waals surface area contributed by atoms with Gasteiger partial charge in [-0.2, -0.15) is 0 Å². The summed E-state index contributed by atoms with van der Waals surface area (Å²) in [5.41, 5.74) is 1.77. The predicted octanol–water partition coefficient (Wildman–Crippen LogP) is 2.11. The average molecular weight is 386 g/mol. The molecule has 0 aromatic heterocycles. The zero-order chi connectivity index (χ0) is 19.9. The number of Topliss-reactive ketones (excluding diaryl/α,β-unsaturated/α-hetero) is 1. The number of hydrogen-bond donors (Lipinski definition) is 0. The summed E-state index contributed by atoms with van der Waals surface area (Å²) >= 11 is 0. The molecule has 6 nitrogen and oxygen atoms in total. The fraction of sp³-hybridized carbons (Fsp3) is 0.591. The minimum atomic E-state index is 0.00377. The maximum atomic E-state index is 12.4. The first-order valence-electron chi connectivity index (χ1n) is 10.4. The molecule has 0 radical (unpaired) electrons. The standard InChI is InChI=1S/C22H31N3O3/c1-18-4-6-19(7-5-18)20(26)8-9-21(27)24-14-16-25(17-15-24)22(28)10-13-23-11-2-3-12-23/h4-7H,2-3,8-17H2,1H3. The summed E-state index contributed by atoms with van der Waals surface area (Å²) in [6.07, 6.45) is 3.51. The number of ketones is 1. The van der Waals surface area contributed by atoms with Crippen LogP contribution in [0.3, 0.4) is 0 Å². The topological polar surface area (TPSA) is 60.9 Å². The number of piperazine rings is 1. The second-order valence-electron chi connectivity index (χ2n) is 7.85. The van der Waals surface area contributed by atoms with Gasteiger partial charge in [0.15, 0.2) is 5.78 Å². The van der Waals surface area contributed by atoms with Gasteiger partial charge in [0, 0.05) is 57.5 Å². The van der Waals surface area contributed by atoms with Gasteiger partial charge in [-0.3, -0.25) is 14.4 Å². The molecule has 0 N–H and O–H groups in total. The quantitative estimate of drug-likeness (QED) is 0.675. The van der Waals surface area contributed by atoms with Crippen LogP contribution >= 0.6 is 0 Å². The highest BCUT2D eigenvalue weighted by Crippen LogP contribution is 2.12. The summed E-state index contributed by atoms with van der Waals surface area (Å²) in [6.45, 7) is 7.36. The molecule has 2 heterocycles. The van der Waals surface area contributed by atoms with Crippen LogP contribution in [0.25, 0.3) is 0 Å². The van der Waals surface area contributed by atoms with Gasteiger partial charge in [-0.25, -0.2) is 0 Å². The lowest BCUT2D eigenvalue weighted by molar-refractivity contribution is -0.139. The van der Waals surface area contributed by atoms with E-state index in [1.165, 1.54) is 12.8 Å². The van der Waals surface area contributed by atoms with Crippen LogP contribution in [0.5, 0.6) is 0 Å². The molecule has 3 rings (SSSR count). The van der Waals surface area contributed by atoms with Gasteiger partial charge in [-0.1, -0.05) is 29.8 Å². The lowest BCUT2D eigenvalue weighted by Gasteiger charge is -2.35. The summed E-state index contributed by atoms with van der Waals surface area (Å²) in [6, 6.07) is 7.45. The van der Waals surface area contributed by atoms with Crippen LogP contribution in [0.4, 0.5) is 0 Å². The van der Waals surface area contributed by atoms with E-state index in [4.69, 9.17) is 0 Å². The summed E-state index contributed by atoms with van der Waals surface area (Å²) in [5.74, 6) is 0.197. The van der Waals surface area contributed by atoms with Crippen LogP contribution < -0.4 is 0 Å². The molecule has 0 saturated carbocycles. The van der Waals surface area contributed by atoms with Crippen molar-refractivity contribution in [2.24, 2.45) is 0 Å². The summed E-state index contributed by atoms with van der Waals surface area (Å²) < 4.78 is 0. The first kappa shape index (κ1) is 20.5. The molecule has 6 heteroatoms. The Morgan fingerprint density at radius 2 is 1.29 bits per heavy atom. The van der Waals surface area contributed by atoms with Gasteiger partial charge in [0.2, 0.25) is 11.8 Å². The largest absolute Gasteiger partial charge is 0.339 e. The number of rotatable bonds is 7. The Balaban J connectivity index is 1.36. The molecular formula is C22H31N3O3. The van der Waals surface area contributed by atoms with E-state index in [2.05, 4.69) is 4.90 Å². The maximum Gasteiger partial charge on any atom is 0.223 e. The smallest absolute Gasteiger partial charge is 0.223 e. The normalized spacial score (nSPS) is 17.8. The number of amides is 2. The van der Waals surface area contributed by atoms with Crippen LogP contribution in [-0.4, -0.2) is 78.1 Å². The van der Waals surface area contributed by atoms with Crippen molar-refractivity contribution in [1.29, 1.82) is 0 Å². The van der Waals surface area contributed by atoms with Crippen LogP contribution in [0, 0.1) is 6.92 Å². The van der Waals surface area contributed by atoms with E-state index in [1.807, 2.05) is 36.1 Å². The zero-order valence-corrected chi connectivity index (χ0v) is 16.9. The van der Waals surface area contributed by atoms with Gasteiger partial charge >= 0.3 is 0 Å². The Morgan fingerprint density at radius 3 is 1.86 bits per heavy atom. The van der Waals surface area contributed by atoms with Crippen molar-refractivity contribution in [2.75, 3.05) is 45.8 Å². The van der Waals surface area contributed by atoms with Crippen LogP contribution in [0.2, 0.25) is 0 Å². The molecule has 0 bridgehead atoms. The molecule has 2 saturated heterocycles. The van der Waals surface area contributed by atoms with Crippen molar-refractivity contribution in [3.63, 3.8) is 0 Å². The number of hydrogen-bond acceptors (Lipinski definition) is 4. The van der Waals surface area contributed by atoms with Gasteiger partial charge in [0.25, 0.3) is 0 Å². The second kappa shape index (κ2) is 9.82. The van der Waals surface area contributed by atoms with Crippen molar-refractivity contribution in [2.45, 2.75) is 39.0 Å². The van der Waals surface area contributed by atoms with E-state index >= 15 is 0 Å². The predicted molar refractivity (Wildman–Crippen MR) is 108 cm³/mol. The summed E-state index contributed by atoms with van der Waals surface area (Å²) in [4.78, 5) is 43.1. The Kier molecular flexibility index (Phi) is 7.20. The van der Waals surface area contributed by atoms with E-state index in [1.54, 1.807) is 4.90 Å². The minimum absolute atomic E-state index is 0.00377. The highest BCUT2D eigenvalue weighted by molar-refractivity contribution is 5.98. The molecule has 2 amide bonds. The minimum Gasteiger partial charge on any atom is -0.339 e. The molecule has 28 heavy (non-hydrogen) atoms. The number of aryl methyl sites for hydroxylation is 1. The molecule has 0 spiro atoms. The van der Waals surface area contributed by atoms with E-state index in [0.717, 1.165) is 25.2 Å². The van der Waals surface area contributed by atoms with Crippen LogP contribution in [-0.2, 0) is 9.59 Å². The third-order valence-electron chi connectivity index (χ3n) is 5.77. The maximum absolute atomic E-state index is 12.4. The first-order chi connectivity index (χ1) is 13.5. The fourth-order valence-electron chi connectivity index (χ4n) is 3.89. The molecule has 0 aliphatic carbocycles. The van der Waals surface area contributed by atoms with Crippen molar-refractivity contribution in [3.8, 4) is 0 Å². The molecule has 2 aliphatic heterocycles. The van der Waals surface area contributed by atoms with Gasteiger partial charge < -0.3 is 14.7 Å². The Bertz CT molecular complexity index is 687. The Hall–Kier alpha value is -2.21. The van der Waals surface area contributed by atoms with Gasteiger partial charge in [-0.05, 0) is 32.9 Å². The van der Waals surface area contributed by atoms with E-state index < -0.39 is 0 Å². The molecule has 1 aromatic carbocycles. The average Bonchev–Trinajstić information content (AvgIpc) is 3.24. The Labute approximate surface area is 167 Å². The second-order valence-corrected chi connectivity index (χ2v) is 7.85. The lowest BCUT2D eigenvalue weighted by atomic mass is 10.0. The zero-order valence-electron chi connectivity index (χ0n) is 16.9. The summed E-state index contributed by atoms with van der Waals surface area (Å²) in [5, 5.41) is 0. The third-order valence-corrected chi connectivity index (χ3v) is 5.77. The van der Waals surface area contributed by atoms with E-state index in [9.17, 15) is 14.4 Å². The first-order valence-corrected chi connectivity index (χ1v) is 10.4. The fourth-order valence-corrected chi connectivity index (χ4v) is 3.89. The number of carbonyl (C=O) groups is 3. The number of carbonyl (C=O) groups excluding carboxylic acids is 3. The SMILES string of the molecule is Cc1ccc(C(=O)CCC(=O)N2CCN(C(=O)CCN3CCCC3)CC2)cc1. The monoisotopic (exact) mass is 385 g/mol. The van der Waals surface area contributed by atoms with Crippen LogP contribution in [0.15, 0.2) is 24.3 Å². The Morgan fingerprint density at radius 1 is 0.750 bits per heavy atom. The molecular weight excluding hydrogens is 354 g/mol. The van der Waals surface area contributed by atoms with Crippen LogP contribution in [0.1, 0.15) is 48.0 Å². The van der Waals surface area contributed by atoms with Gasteiger partial charge in [0.05, 0.1) is 0 Å². The van der Waals surface area contributed by atoms with Crippen molar-refractivity contribution in [1.82, 2.24) is 14.7 Å². The molecule has 1 aromatic rings. The number of likely N-dealkylation sites (tertiary alicyclic amines) is 1. The highest BCUT2D eigenvalue weighted by atomic mass is 16.2. The molecule has 2 aliphatic rings. The number of benzene rings is 1. The molecule has 152 valence electrons. The van der Waals surface area contributed by atoms with E-state index in [-0.39, 0.29) is 30.4 Å². The molecule has 0 atom stereocenters. The highest BCUT2D eigenvalue weighted by Gasteiger charge is 2.25. The number of nitrogens with zero attached hydrogens (tertiary/aromatic N) is 3. The third kappa shape index (κ3) is 5.64. The van der Waals surface area contributed by atoms with Crippen molar-refractivity contribution in [3.05, 3.63) is 35.4 Å². The van der Waals surface area contributed by atoms with E-state index in [0.29, 0.717) is 38.2 Å². The summed E-state index contributed by atoms with van der Waals surface area (Å²) in [7, 11) is 0. The van der Waals surface area contributed by atoms with Crippen molar-refractivity contribution < 1.29 is 14.4 Å². The van der Waals surface area contributed by atoms with Crippen molar-refractivity contribution >= 4 is 17.6 Å². The van der Waals surface area contributed by atoms with Gasteiger partial charge in [-0.15, -0.1) is 0 Å². The van der Waals surface area contributed by atoms with Gasteiger partial charge in [0.1, 0.15) is 0 Å². The molecule has 0 unspecified atom stereocenters. The lowest BCUT2D eigenvalue weighted by Crippen LogP contribution is -2.51. The molecule has 2 fully saturated rings.